The smallest absolute Gasteiger partial charge is 0.260 e. The third-order valence-electron chi connectivity index (χ3n) is 4.72. The van der Waals surface area contributed by atoms with Crippen molar-refractivity contribution in [1.29, 1.82) is 0 Å². The fraction of sp³-hybridized carbons (Fsp3) is 0.444. The number of nitrogen functional groups attached to an aromatic ring is 1. The van der Waals surface area contributed by atoms with E-state index >= 15 is 0 Å². The number of ether oxygens (including phenoxy) is 1. The largest absolute Gasteiger partial charge is 0.493 e. The van der Waals surface area contributed by atoms with E-state index in [1.165, 1.54) is 37.0 Å². The first-order valence-corrected chi connectivity index (χ1v) is 9.60. The molecule has 28 heavy (non-hydrogen) atoms. The molecule has 10 heteroatoms. The lowest BCUT2D eigenvalue weighted by molar-refractivity contribution is 0.100. The molecule has 0 radical (unpaired) electrons. The van der Waals surface area contributed by atoms with Crippen LogP contribution in [0.1, 0.15) is 40.9 Å². The molecule has 1 saturated carbocycles. The van der Waals surface area contributed by atoms with E-state index in [0.29, 0.717) is 41.8 Å². The maximum atomic E-state index is 11.7. The van der Waals surface area contributed by atoms with E-state index in [-0.39, 0.29) is 30.8 Å². The Labute approximate surface area is 180 Å². The van der Waals surface area contributed by atoms with Crippen LogP contribution in [0.4, 0.5) is 5.69 Å². The van der Waals surface area contributed by atoms with Crippen LogP contribution in [-0.2, 0) is 6.42 Å². The fourth-order valence-corrected chi connectivity index (χ4v) is 4.46. The molecule has 156 valence electrons. The van der Waals surface area contributed by atoms with Gasteiger partial charge < -0.3 is 27.7 Å². The molecule has 3 rings (SSSR count). The molecule has 0 spiro atoms. The van der Waals surface area contributed by atoms with E-state index in [1.807, 2.05) is 12.1 Å². The molecule has 1 heterocycles. The van der Waals surface area contributed by atoms with Crippen molar-refractivity contribution in [2.45, 2.75) is 32.1 Å². The number of hydrogen-bond donors (Lipinski definition) is 4. The van der Waals surface area contributed by atoms with Gasteiger partial charge in [-0.15, -0.1) is 36.2 Å². The molecule has 0 unspecified atom stereocenters. The summed E-state index contributed by atoms with van der Waals surface area (Å²) in [4.78, 5) is 16.1. The number of nitrogens with two attached hydrogens (primary N) is 4. The normalized spacial score (nSPS) is 13.6. The summed E-state index contributed by atoms with van der Waals surface area (Å²) >= 11 is 1.29. The van der Waals surface area contributed by atoms with Crippen LogP contribution in [-0.4, -0.2) is 25.0 Å². The van der Waals surface area contributed by atoms with Crippen LogP contribution >= 0.6 is 36.2 Å². The highest BCUT2D eigenvalue weighted by Gasteiger charge is 2.20. The second-order valence-electron chi connectivity index (χ2n) is 6.69. The molecule has 0 saturated heterocycles. The summed E-state index contributed by atoms with van der Waals surface area (Å²) in [6, 6.07) is 3.96. The quantitative estimate of drug-likeness (QED) is 0.381. The van der Waals surface area contributed by atoms with Crippen molar-refractivity contribution in [2.24, 2.45) is 28.1 Å². The highest BCUT2D eigenvalue weighted by molar-refractivity contribution is 7.21. The first-order chi connectivity index (χ1) is 12.5. The lowest BCUT2D eigenvalue weighted by atomic mass is 10.1. The van der Waals surface area contributed by atoms with Crippen LogP contribution in [0.25, 0.3) is 10.1 Å². The Morgan fingerprint density at radius 1 is 1.18 bits per heavy atom. The van der Waals surface area contributed by atoms with Crippen molar-refractivity contribution >= 4 is 63.8 Å². The molecule has 7 nitrogen and oxygen atoms in total. The zero-order valence-corrected chi connectivity index (χ0v) is 17.9. The van der Waals surface area contributed by atoms with Crippen molar-refractivity contribution in [1.82, 2.24) is 0 Å². The van der Waals surface area contributed by atoms with Crippen molar-refractivity contribution in [2.75, 3.05) is 18.9 Å². The van der Waals surface area contributed by atoms with Crippen LogP contribution in [0.3, 0.4) is 0 Å². The molecule has 1 fully saturated rings. The highest BCUT2D eigenvalue weighted by Crippen LogP contribution is 2.41. The summed E-state index contributed by atoms with van der Waals surface area (Å²) in [5, 5.41) is 0.771. The molecule has 0 aliphatic heterocycles. The topological polar surface area (TPSA) is 143 Å². The molecule has 1 amide bonds. The van der Waals surface area contributed by atoms with E-state index in [4.69, 9.17) is 27.7 Å². The predicted octanol–water partition coefficient (Wildman–Crippen LogP) is 2.81. The summed E-state index contributed by atoms with van der Waals surface area (Å²) in [6.45, 7) is 1.15. The Hall–Kier alpha value is -1.90. The number of guanidine groups is 1. The minimum absolute atomic E-state index is 0. The van der Waals surface area contributed by atoms with Gasteiger partial charge in [0.1, 0.15) is 10.6 Å². The Morgan fingerprint density at radius 2 is 1.86 bits per heavy atom. The van der Waals surface area contributed by atoms with Crippen LogP contribution in [0.15, 0.2) is 17.1 Å². The Bertz CT molecular complexity index is 846. The number of hydrogen-bond acceptors (Lipinski definition) is 5. The number of halogens is 2. The van der Waals surface area contributed by atoms with Gasteiger partial charge in [-0.3, -0.25) is 9.79 Å². The maximum Gasteiger partial charge on any atom is 0.260 e. The fourth-order valence-electron chi connectivity index (χ4n) is 3.41. The average Bonchev–Trinajstić information content (AvgIpc) is 3.20. The summed E-state index contributed by atoms with van der Waals surface area (Å²) in [5.74, 6) is 0.828. The van der Waals surface area contributed by atoms with Gasteiger partial charge in [0.25, 0.3) is 5.91 Å². The predicted molar refractivity (Wildman–Crippen MR) is 121 cm³/mol. The first kappa shape index (κ1) is 24.1. The minimum atomic E-state index is -0.521. The Morgan fingerprint density at radius 3 is 2.46 bits per heavy atom. The van der Waals surface area contributed by atoms with Crippen molar-refractivity contribution in [3.63, 3.8) is 0 Å². The maximum absolute atomic E-state index is 11.7. The first-order valence-electron chi connectivity index (χ1n) is 8.78. The van der Waals surface area contributed by atoms with Crippen molar-refractivity contribution < 1.29 is 9.53 Å². The van der Waals surface area contributed by atoms with Crippen molar-refractivity contribution in [3.05, 3.63) is 22.6 Å². The minimum Gasteiger partial charge on any atom is -0.493 e. The molecule has 1 aromatic carbocycles. The third-order valence-corrected chi connectivity index (χ3v) is 5.89. The van der Waals surface area contributed by atoms with Gasteiger partial charge in [-0.1, -0.05) is 12.8 Å². The number of rotatable bonds is 7. The standard InChI is InChI=1S/C18H25N5O2S.2ClH/c19-15-14-12(25-9-10-3-1-2-4-10)7-11(5-6-23-18(21)22)8-13(14)26-16(15)17(20)24;;/h7-8,10H,1-6,9,19H2,(H2,20,24)(H4,21,22,23);2*1H. The van der Waals surface area contributed by atoms with Gasteiger partial charge in [0.05, 0.1) is 17.7 Å². The Kier molecular flexibility index (Phi) is 9.13. The van der Waals surface area contributed by atoms with Crippen LogP contribution in [0.2, 0.25) is 0 Å². The highest BCUT2D eigenvalue weighted by atomic mass is 35.5. The van der Waals surface area contributed by atoms with Crippen LogP contribution < -0.4 is 27.7 Å². The lowest BCUT2D eigenvalue weighted by Crippen LogP contribution is -2.23. The number of thiophene rings is 1. The van der Waals surface area contributed by atoms with Gasteiger partial charge in [0.15, 0.2) is 5.96 Å². The number of nitrogens with zero attached hydrogens (tertiary/aromatic N) is 1. The number of anilines is 1. The summed E-state index contributed by atoms with van der Waals surface area (Å²) in [5.41, 5.74) is 23.9. The van der Waals surface area contributed by atoms with Gasteiger partial charge in [0.2, 0.25) is 0 Å². The zero-order valence-electron chi connectivity index (χ0n) is 15.5. The van der Waals surface area contributed by atoms with E-state index in [1.54, 1.807) is 0 Å². The SMILES string of the molecule is Cl.Cl.NC(=O)c1sc2cc(CCN=C(N)N)cc(OCC3CCCC3)c2c1N. The molecule has 1 aliphatic rings. The number of amides is 1. The second kappa shape index (κ2) is 10.6. The summed E-state index contributed by atoms with van der Waals surface area (Å²) < 4.78 is 7.02. The Balaban J connectivity index is 0.00000196. The third kappa shape index (κ3) is 5.56. The second-order valence-corrected chi connectivity index (χ2v) is 7.75. The van der Waals surface area contributed by atoms with Crippen LogP contribution in [0, 0.1) is 5.92 Å². The number of primary amides is 1. The van der Waals surface area contributed by atoms with Gasteiger partial charge >= 0.3 is 0 Å². The molecular formula is C18H27Cl2N5O2S. The monoisotopic (exact) mass is 447 g/mol. The molecule has 0 bridgehead atoms. The van der Waals surface area contributed by atoms with E-state index in [2.05, 4.69) is 4.99 Å². The van der Waals surface area contributed by atoms with Crippen LogP contribution in [0.5, 0.6) is 5.75 Å². The number of carbonyl (C=O) groups excluding carboxylic acids is 1. The molecular weight excluding hydrogens is 421 g/mol. The average molecular weight is 448 g/mol. The number of fused-ring (bicyclic) bond motifs is 1. The number of carbonyl (C=O) groups is 1. The lowest BCUT2D eigenvalue weighted by Gasteiger charge is -2.14. The number of aliphatic imine (C=N–C) groups is 1. The molecule has 1 aliphatic carbocycles. The van der Waals surface area contributed by atoms with E-state index < -0.39 is 5.91 Å². The summed E-state index contributed by atoms with van der Waals surface area (Å²) in [6.07, 6.45) is 5.57. The van der Waals surface area contributed by atoms with E-state index in [9.17, 15) is 4.79 Å². The van der Waals surface area contributed by atoms with Gasteiger partial charge in [-0.2, -0.15) is 0 Å². The molecule has 8 N–H and O–H groups in total. The zero-order chi connectivity index (χ0) is 18.7. The number of benzene rings is 1. The van der Waals surface area contributed by atoms with Gasteiger partial charge in [0, 0.05) is 11.2 Å². The van der Waals surface area contributed by atoms with E-state index in [0.717, 1.165) is 15.6 Å². The molecule has 0 atom stereocenters. The van der Waals surface area contributed by atoms with Crippen molar-refractivity contribution in [3.8, 4) is 5.75 Å². The molecule has 1 aromatic heterocycles. The summed E-state index contributed by atoms with van der Waals surface area (Å²) in [7, 11) is 0. The van der Waals surface area contributed by atoms with Gasteiger partial charge in [-0.25, -0.2) is 0 Å². The van der Waals surface area contributed by atoms with Gasteiger partial charge in [-0.05, 0) is 42.9 Å². The molecule has 2 aromatic rings.